The number of hydrogen-bond acceptors (Lipinski definition) is 2. The Morgan fingerprint density at radius 3 is 2.58 bits per heavy atom. The summed E-state index contributed by atoms with van der Waals surface area (Å²) in [6.07, 6.45) is 0.933. The SMILES string of the molecule is NCc1ccc(C(=O)N2CCc3ccccc32)cc1. The van der Waals surface area contributed by atoms with Crippen molar-refractivity contribution in [2.45, 2.75) is 13.0 Å². The number of nitrogens with two attached hydrogens (primary N) is 1. The van der Waals surface area contributed by atoms with Crippen molar-refractivity contribution in [3.05, 3.63) is 65.2 Å². The quantitative estimate of drug-likeness (QED) is 0.891. The molecule has 0 atom stereocenters. The van der Waals surface area contributed by atoms with E-state index in [4.69, 9.17) is 5.73 Å². The number of amides is 1. The first-order chi connectivity index (χ1) is 9.29. The van der Waals surface area contributed by atoms with Gasteiger partial charge in [0.25, 0.3) is 5.91 Å². The van der Waals surface area contributed by atoms with Gasteiger partial charge in [0.2, 0.25) is 0 Å². The summed E-state index contributed by atoms with van der Waals surface area (Å²) in [6, 6.07) is 15.6. The van der Waals surface area contributed by atoms with E-state index in [1.54, 1.807) is 0 Å². The highest BCUT2D eigenvalue weighted by molar-refractivity contribution is 6.07. The first-order valence-corrected chi connectivity index (χ1v) is 6.48. The maximum atomic E-state index is 12.5. The van der Waals surface area contributed by atoms with Crippen LogP contribution in [0.4, 0.5) is 5.69 Å². The lowest BCUT2D eigenvalue weighted by Crippen LogP contribution is -2.28. The van der Waals surface area contributed by atoms with Crippen LogP contribution < -0.4 is 10.6 Å². The van der Waals surface area contributed by atoms with Crippen LogP contribution in [0.25, 0.3) is 0 Å². The van der Waals surface area contributed by atoms with E-state index in [2.05, 4.69) is 6.07 Å². The highest BCUT2D eigenvalue weighted by Gasteiger charge is 2.24. The van der Waals surface area contributed by atoms with Crippen molar-refractivity contribution in [1.82, 2.24) is 0 Å². The van der Waals surface area contributed by atoms with E-state index in [-0.39, 0.29) is 5.91 Å². The zero-order valence-electron chi connectivity index (χ0n) is 10.7. The minimum atomic E-state index is 0.0634. The third kappa shape index (κ3) is 2.13. The number of nitrogens with zero attached hydrogens (tertiary/aromatic N) is 1. The van der Waals surface area contributed by atoms with E-state index >= 15 is 0 Å². The average molecular weight is 252 g/mol. The molecule has 3 nitrogen and oxygen atoms in total. The minimum Gasteiger partial charge on any atom is -0.326 e. The number of benzene rings is 2. The molecule has 1 aliphatic rings. The van der Waals surface area contributed by atoms with E-state index in [1.807, 2.05) is 47.4 Å². The van der Waals surface area contributed by atoms with E-state index < -0.39 is 0 Å². The van der Waals surface area contributed by atoms with E-state index in [0.717, 1.165) is 24.2 Å². The van der Waals surface area contributed by atoms with Gasteiger partial charge in [0.1, 0.15) is 0 Å². The first-order valence-electron chi connectivity index (χ1n) is 6.48. The van der Waals surface area contributed by atoms with Gasteiger partial charge in [-0.3, -0.25) is 4.79 Å². The zero-order valence-corrected chi connectivity index (χ0v) is 10.7. The Bertz CT molecular complexity index is 604. The largest absolute Gasteiger partial charge is 0.326 e. The van der Waals surface area contributed by atoms with Gasteiger partial charge in [0.15, 0.2) is 0 Å². The van der Waals surface area contributed by atoms with Crippen LogP contribution >= 0.6 is 0 Å². The molecule has 0 saturated carbocycles. The molecule has 3 heteroatoms. The molecule has 0 fully saturated rings. The fourth-order valence-corrected chi connectivity index (χ4v) is 2.49. The van der Waals surface area contributed by atoms with Crippen molar-refractivity contribution in [3.63, 3.8) is 0 Å². The van der Waals surface area contributed by atoms with Gasteiger partial charge < -0.3 is 10.6 Å². The number of hydrogen-bond donors (Lipinski definition) is 1. The molecule has 0 radical (unpaired) electrons. The topological polar surface area (TPSA) is 46.3 Å². The van der Waals surface area contributed by atoms with Crippen molar-refractivity contribution >= 4 is 11.6 Å². The average Bonchev–Trinajstić information content (AvgIpc) is 2.90. The van der Waals surface area contributed by atoms with Crippen LogP contribution in [0.2, 0.25) is 0 Å². The first kappa shape index (κ1) is 11.9. The lowest BCUT2D eigenvalue weighted by atomic mass is 10.1. The molecule has 2 N–H and O–H groups in total. The number of rotatable bonds is 2. The van der Waals surface area contributed by atoms with E-state index in [9.17, 15) is 4.79 Å². The molecule has 1 aliphatic heterocycles. The Hall–Kier alpha value is -2.13. The minimum absolute atomic E-state index is 0.0634. The predicted molar refractivity (Wildman–Crippen MR) is 76.2 cm³/mol. The van der Waals surface area contributed by atoms with Gasteiger partial charge in [-0.15, -0.1) is 0 Å². The Morgan fingerprint density at radius 1 is 1.11 bits per heavy atom. The van der Waals surface area contributed by atoms with Gasteiger partial charge >= 0.3 is 0 Å². The highest BCUT2D eigenvalue weighted by Crippen LogP contribution is 2.28. The summed E-state index contributed by atoms with van der Waals surface area (Å²) in [4.78, 5) is 14.4. The molecule has 3 rings (SSSR count). The van der Waals surface area contributed by atoms with Gasteiger partial charge in [-0.2, -0.15) is 0 Å². The van der Waals surface area contributed by atoms with Gasteiger partial charge in [0.05, 0.1) is 0 Å². The normalized spacial score (nSPS) is 13.4. The molecule has 1 heterocycles. The van der Waals surface area contributed by atoms with Gasteiger partial charge in [0, 0.05) is 24.3 Å². The summed E-state index contributed by atoms with van der Waals surface area (Å²) < 4.78 is 0. The second-order valence-electron chi connectivity index (χ2n) is 4.74. The fraction of sp³-hybridized carbons (Fsp3) is 0.188. The van der Waals surface area contributed by atoms with E-state index in [0.29, 0.717) is 12.1 Å². The zero-order chi connectivity index (χ0) is 13.2. The Labute approximate surface area is 112 Å². The molecular weight excluding hydrogens is 236 g/mol. The number of carbonyl (C=O) groups excluding carboxylic acids is 1. The summed E-state index contributed by atoms with van der Waals surface area (Å²) in [7, 11) is 0. The third-order valence-corrected chi connectivity index (χ3v) is 3.57. The molecule has 0 aliphatic carbocycles. The van der Waals surface area contributed by atoms with Crippen molar-refractivity contribution in [3.8, 4) is 0 Å². The maximum Gasteiger partial charge on any atom is 0.258 e. The van der Waals surface area contributed by atoms with Crippen LogP contribution in [0.1, 0.15) is 21.5 Å². The Kier molecular flexibility index (Phi) is 3.05. The fourth-order valence-electron chi connectivity index (χ4n) is 2.49. The standard InChI is InChI=1S/C16H16N2O/c17-11-12-5-7-14(8-6-12)16(19)18-10-9-13-3-1-2-4-15(13)18/h1-8H,9-11,17H2. The number of carbonyl (C=O) groups is 1. The van der Waals surface area contributed by atoms with Gasteiger partial charge in [-0.1, -0.05) is 30.3 Å². The second-order valence-corrected chi connectivity index (χ2v) is 4.74. The molecule has 0 saturated heterocycles. The van der Waals surface area contributed by atoms with Crippen LogP contribution in [0.5, 0.6) is 0 Å². The summed E-state index contributed by atoms with van der Waals surface area (Å²) in [5.41, 5.74) is 9.61. The molecule has 2 aromatic carbocycles. The lowest BCUT2D eigenvalue weighted by molar-refractivity contribution is 0.0989. The molecular formula is C16H16N2O. The number of para-hydroxylation sites is 1. The predicted octanol–water partition coefficient (Wildman–Crippen LogP) is 2.35. The summed E-state index contributed by atoms with van der Waals surface area (Å²) in [5.74, 6) is 0.0634. The molecule has 1 amide bonds. The Balaban J connectivity index is 1.89. The summed E-state index contributed by atoms with van der Waals surface area (Å²) in [6.45, 7) is 1.26. The molecule has 0 spiro atoms. The van der Waals surface area contributed by atoms with Gasteiger partial charge in [-0.25, -0.2) is 0 Å². The molecule has 96 valence electrons. The van der Waals surface area contributed by atoms with Crippen LogP contribution in [0.3, 0.4) is 0 Å². The van der Waals surface area contributed by atoms with Crippen molar-refractivity contribution in [2.75, 3.05) is 11.4 Å². The summed E-state index contributed by atoms with van der Waals surface area (Å²) >= 11 is 0. The third-order valence-electron chi connectivity index (χ3n) is 3.57. The van der Waals surface area contributed by atoms with Crippen molar-refractivity contribution < 1.29 is 4.79 Å². The number of anilines is 1. The van der Waals surface area contributed by atoms with Gasteiger partial charge in [-0.05, 0) is 35.7 Å². The molecule has 0 unspecified atom stereocenters. The molecule has 0 aromatic heterocycles. The number of fused-ring (bicyclic) bond motifs is 1. The maximum absolute atomic E-state index is 12.5. The van der Waals surface area contributed by atoms with Crippen LogP contribution in [-0.4, -0.2) is 12.5 Å². The van der Waals surface area contributed by atoms with Crippen molar-refractivity contribution in [1.29, 1.82) is 0 Å². The van der Waals surface area contributed by atoms with Crippen LogP contribution in [0.15, 0.2) is 48.5 Å². The lowest BCUT2D eigenvalue weighted by Gasteiger charge is -2.17. The monoisotopic (exact) mass is 252 g/mol. The molecule has 19 heavy (non-hydrogen) atoms. The molecule has 2 aromatic rings. The van der Waals surface area contributed by atoms with Crippen molar-refractivity contribution in [2.24, 2.45) is 5.73 Å². The highest BCUT2D eigenvalue weighted by atomic mass is 16.2. The second kappa shape index (κ2) is 4.86. The molecule has 0 bridgehead atoms. The Morgan fingerprint density at radius 2 is 1.84 bits per heavy atom. The summed E-state index contributed by atoms with van der Waals surface area (Å²) in [5, 5.41) is 0. The smallest absolute Gasteiger partial charge is 0.258 e. The van der Waals surface area contributed by atoms with Crippen LogP contribution in [-0.2, 0) is 13.0 Å². The van der Waals surface area contributed by atoms with E-state index in [1.165, 1.54) is 5.56 Å². The van der Waals surface area contributed by atoms with Crippen LogP contribution in [0, 0.1) is 0 Å².